The van der Waals surface area contributed by atoms with Crippen LogP contribution in [-0.2, 0) is 18.3 Å². The summed E-state index contributed by atoms with van der Waals surface area (Å²) in [6.07, 6.45) is 0.601. The summed E-state index contributed by atoms with van der Waals surface area (Å²) >= 11 is 0. The number of benzene rings is 2. The van der Waals surface area contributed by atoms with Crippen molar-refractivity contribution < 1.29 is 66.7 Å². The number of β-amino-alcohol motifs (C(OH)–C–C–N with tert-alkyl or cyclic N) is 2. The maximum Gasteiger partial charge on any atom is 0.411 e. The van der Waals surface area contributed by atoms with Gasteiger partial charge in [0.15, 0.2) is 39.6 Å². The lowest BCUT2D eigenvalue weighted by molar-refractivity contribution is 0.0665. The molecule has 2 heterocycles. The summed E-state index contributed by atoms with van der Waals surface area (Å²) in [6.45, 7) is 29.1. The SMILES string of the molecule is C=CCOC(=O)Nc1cc(OCCCOc2cc(NC(=O)OCC=C)c(C(=O)N3C[C@H](O)C[C@H]3CO[Si](C)(C)C(C)(C)C)cc2OC)c(OC)cc1C(=O)N1C[C@H](O)C[C@H]1CO[Si](C)(C)C(C)(C)C. The number of nitrogens with one attached hydrogen (secondary N) is 2. The molecule has 2 aromatic carbocycles. The molecule has 2 aliphatic rings. The normalized spacial score (nSPS) is 18.6. The van der Waals surface area contributed by atoms with Gasteiger partial charge >= 0.3 is 12.2 Å². The van der Waals surface area contributed by atoms with Crippen LogP contribution in [0, 0.1) is 0 Å². The molecule has 2 saturated heterocycles. The zero-order chi connectivity index (χ0) is 51.5. The second-order valence-electron chi connectivity index (χ2n) is 20.3. The number of rotatable bonds is 22. The van der Waals surface area contributed by atoms with Gasteiger partial charge in [0.05, 0.1) is 87.4 Å². The standard InChI is InChI=1S/C49H76N4O14Si2/c1-15-18-64-46(58)50-38-26-42(40(60-9)24-36(38)44(56)52-28-34(54)22-32(52)30-66-68(11,12)48(3,4)5)62-20-17-21-63-43-27-39(51-47(59)65-19-16-2)37(25-41(43)61-10)45(57)53-29-35(55)23-33(53)31-67-69(13,14)49(6,7)8/h15-16,24-27,32-35,54-55H,1-2,17-23,28-31H2,3-14H3,(H,50,58)(H,51,59)/t32-,33-,34+,35+/m0/s1. The first-order valence-electron chi connectivity index (χ1n) is 23.3. The summed E-state index contributed by atoms with van der Waals surface area (Å²) in [5, 5.41) is 26.6. The van der Waals surface area contributed by atoms with Crippen LogP contribution in [0.5, 0.6) is 23.0 Å². The van der Waals surface area contributed by atoms with Crippen LogP contribution < -0.4 is 29.6 Å². The van der Waals surface area contributed by atoms with E-state index in [1.165, 1.54) is 50.6 Å². The van der Waals surface area contributed by atoms with Crippen molar-refractivity contribution in [3.8, 4) is 23.0 Å². The number of anilines is 2. The molecule has 20 heteroatoms. The highest BCUT2D eigenvalue weighted by Gasteiger charge is 2.43. The topological polar surface area (TPSA) is 213 Å². The fourth-order valence-corrected chi connectivity index (χ4v) is 9.24. The summed E-state index contributed by atoms with van der Waals surface area (Å²) in [7, 11) is -1.52. The van der Waals surface area contributed by atoms with Gasteiger partial charge < -0.3 is 57.3 Å². The fourth-order valence-electron chi connectivity index (χ4n) is 7.16. The molecule has 0 bridgehead atoms. The third kappa shape index (κ3) is 14.9. The first-order valence-corrected chi connectivity index (χ1v) is 29.1. The van der Waals surface area contributed by atoms with E-state index in [1.807, 2.05) is 0 Å². The molecule has 384 valence electrons. The Hall–Kier alpha value is -5.13. The fraction of sp³-hybridized carbons (Fsp3) is 0.592. The first kappa shape index (κ1) is 56.5. The smallest absolute Gasteiger partial charge is 0.411 e. The average molecular weight is 1000 g/mol. The molecule has 0 unspecified atom stereocenters. The predicted molar refractivity (Wildman–Crippen MR) is 269 cm³/mol. The molecule has 0 radical (unpaired) electrons. The van der Waals surface area contributed by atoms with E-state index in [0.717, 1.165) is 0 Å². The van der Waals surface area contributed by atoms with Gasteiger partial charge in [-0.3, -0.25) is 20.2 Å². The van der Waals surface area contributed by atoms with Crippen LogP contribution in [0.2, 0.25) is 36.3 Å². The minimum Gasteiger partial charge on any atom is -0.493 e. The van der Waals surface area contributed by atoms with E-state index in [0.29, 0.717) is 19.3 Å². The van der Waals surface area contributed by atoms with Crippen molar-refractivity contribution in [2.75, 3.05) is 77.6 Å². The van der Waals surface area contributed by atoms with Crippen molar-refractivity contribution in [2.45, 2.75) is 121 Å². The summed E-state index contributed by atoms with van der Waals surface area (Å²) < 4.78 is 47.0. The van der Waals surface area contributed by atoms with E-state index in [9.17, 15) is 29.4 Å². The van der Waals surface area contributed by atoms with Crippen molar-refractivity contribution in [3.05, 3.63) is 60.7 Å². The number of hydrogen-bond donors (Lipinski definition) is 4. The number of carbonyl (C=O) groups excluding carboxylic acids is 4. The second kappa shape index (κ2) is 24.1. The Balaban J connectivity index is 1.55. The van der Waals surface area contributed by atoms with Crippen LogP contribution in [0.3, 0.4) is 0 Å². The summed E-state index contributed by atoms with van der Waals surface area (Å²) in [4.78, 5) is 57.6. The molecule has 4 rings (SSSR count). The maximum absolute atomic E-state index is 14.3. The van der Waals surface area contributed by atoms with E-state index in [-0.39, 0.29) is 108 Å². The van der Waals surface area contributed by atoms with Gasteiger partial charge in [-0.15, -0.1) is 0 Å². The van der Waals surface area contributed by atoms with Gasteiger partial charge in [0.2, 0.25) is 0 Å². The highest BCUT2D eigenvalue weighted by Crippen LogP contribution is 2.41. The highest BCUT2D eigenvalue weighted by molar-refractivity contribution is 6.74. The van der Waals surface area contributed by atoms with Gasteiger partial charge in [0.25, 0.3) is 11.8 Å². The zero-order valence-corrected chi connectivity index (χ0v) is 44.7. The van der Waals surface area contributed by atoms with Crippen molar-refractivity contribution in [3.63, 3.8) is 0 Å². The molecule has 2 aromatic rings. The monoisotopic (exact) mass is 1000 g/mol. The molecule has 4 N–H and O–H groups in total. The maximum atomic E-state index is 14.3. The third-order valence-corrected chi connectivity index (χ3v) is 22.2. The molecule has 18 nitrogen and oxygen atoms in total. The Morgan fingerprint density at radius 3 is 1.33 bits per heavy atom. The molecule has 0 aromatic heterocycles. The van der Waals surface area contributed by atoms with E-state index in [2.05, 4.69) is 91.5 Å². The molecule has 4 atom stereocenters. The molecule has 0 saturated carbocycles. The highest BCUT2D eigenvalue weighted by atomic mass is 28.4. The van der Waals surface area contributed by atoms with Gasteiger partial charge in [-0.25, -0.2) is 9.59 Å². The number of amides is 4. The van der Waals surface area contributed by atoms with Gasteiger partial charge in [-0.2, -0.15) is 0 Å². The Morgan fingerprint density at radius 2 is 1.01 bits per heavy atom. The van der Waals surface area contributed by atoms with Crippen LogP contribution in [0.1, 0.15) is 81.5 Å². The Kier molecular flexibility index (Phi) is 19.7. The van der Waals surface area contributed by atoms with Crippen LogP contribution in [0.4, 0.5) is 21.0 Å². The van der Waals surface area contributed by atoms with E-state index < -0.39 is 64.9 Å². The van der Waals surface area contributed by atoms with E-state index in [4.69, 9.17) is 37.3 Å². The van der Waals surface area contributed by atoms with Crippen LogP contribution >= 0.6 is 0 Å². The van der Waals surface area contributed by atoms with Gasteiger partial charge in [-0.1, -0.05) is 66.9 Å². The molecular weight excluding hydrogens is 925 g/mol. The number of aliphatic hydroxyl groups excluding tert-OH is 2. The number of likely N-dealkylation sites (tertiary alicyclic amines) is 2. The van der Waals surface area contributed by atoms with Crippen molar-refractivity contribution >= 4 is 52.0 Å². The number of aliphatic hydroxyl groups is 2. The lowest BCUT2D eigenvalue weighted by Crippen LogP contribution is -2.46. The molecule has 69 heavy (non-hydrogen) atoms. The quantitative estimate of drug-likeness (QED) is 0.0497. The predicted octanol–water partition coefficient (Wildman–Crippen LogP) is 8.22. The summed E-state index contributed by atoms with van der Waals surface area (Å²) in [5.74, 6) is -0.0808. The van der Waals surface area contributed by atoms with Crippen LogP contribution in [0.15, 0.2) is 49.6 Å². The molecular formula is C49H76N4O14Si2. The molecule has 2 aliphatic heterocycles. The lowest BCUT2D eigenvalue weighted by Gasteiger charge is -2.38. The first-order chi connectivity index (χ1) is 32.3. The Morgan fingerprint density at radius 1 is 0.652 bits per heavy atom. The van der Waals surface area contributed by atoms with E-state index in [1.54, 1.807) is 9.80 Å². The number of carbonyl (C=O) groups is 4. The molecule has 0 aliphatic carbocycles. The zero-order valence-electron chi connectivity index (χ0n) is 42.7. The Labute approximate surface area is 409 Å². The Bertz CT molecular complexity index is 1990. The molecule has 2 fully saturated rings. The van der Waals surface area contributed by atoms with Gasteiger partial charge in [0.1, 0.15) is 13.2 Å². The second-order valence-corrected chi connectivity index (χ2v) is 29.9. The summed E-state index contributed by atoms with van der Waals surface area (Å²) in [5.41, 5.74) is 0.366. The van der Waals surface area contributed by atoms with Crippen molar-refractivity contribution in [2.24, 2.45) is 0 Å². The van der Waals surface area contributed by atoms with Crippen LogP contribution in [0.25, 0.3) is 0 Å². The number of hydrogen-bond acceptors (Lipinski definition) is 14. The minimum atomic E-state index is -2.19. The lowest BCUT2D eigenvalue weighted by atomic mass is 10.1. The number of methoxy groups -OCH3 is 2. The minimum absolute atomic E-state index is 0.0630. The average Bonchev–Trinajstić information content (AvgIpc) is 3.85. The summed E-state index contributed by atoms with van der Waals surface area (Å²) in [6, 6.07) is 5.07. The number of nitrogens with zero attached hydrogens (tertiary/aromatic N) is 2. The third-order valence-electron chi connectivity index (χ3n) is 13.2. The van der Waals surface area contributed by atoms with Gasteiger partial charge in [-0.05, 0) is 61.2 Å². The number of ether oxygens (including phenoxy) is 6. The van der Waals surface area contributed by atoms with Crippen molar-refractivity contribution in [1.29, 1.82) is 0 Å². The van der Waals surface area contributed by atoms with Crippen molar-refractivity contribution in [1.82, 2.24) is 9.80 Å². The van der Waals surface area contributed by atoms with E-state index >= 15 is 0 Å². The molecule has 4 amide bonds. The van der Waals surface area contributed by atoms with Crippen LogP contribution in [-0.4, -0.2) is 152 Å². The largest absolute Gasteiger partial charge is 0.493 e. The van der Waals surface area contributed by atoms with Gasteiger partial charge in [0, 0.05) is 31.6 Å². The molecule has 0 spiro atoms.